The van der Waals surface area contributed by atoms with E-state index in [1.807, 2.05) is 6.08 Å². The van der Waals surface area contributed by atoms with Gasteiger partial charge in [0.1, 0.15) is 5.60 Å². The second kappa shape index (κ2) is 2.89. The van der Waals surface area contributed by atoms with Crippen LogP contribution in [0.1, 0.15) is 19.3 Å². The molecule has 2 bridgehead atoms. The summed E-state index contributed by atoms with van der Waals surface area (Å²) >= 11 is 0. The average Bonchev–Trinajstić information content (AvgIpc) is 2.99. The smallest absolute Gasteiger partial charge is 0.306 e. The first-order chi connectivity index (χ1) is 8.20. The van der Waals surface area contributed by atoms with Gasteiger partial charge in [-0.05, 0) is 30.4 Å². The van der Waals surface area contributed by atoms with E-state index in [9.17, 15) is 9.59 Å². The predicted molar refractivity (Wildman–Crippen MR) is 59.9 cm³/mol. The van der Waals surface area contributed by atoms with Crippen LogP contribution in [0.2, 0.25) is 0 Å². The van der Waals surface area contributed by atoms with Crippen molar-refractivity contribution >= 4 is 11.8 Å². The van der Waals surface area contributed by atoms with Crippen molar-refractivity contribution in [2.75, 3.05) is 0 Å². The fraction of sp³-hybridized carbons (Fsp3) is 0.571. The topological polar surface area (TPSA) is 43.4 Å². The molecule has 1 saturated heterocycles. The normalized spacial score (nSPS) is 50.1. The predicted octanol–water partition coefficient (Wildman–Crippen LogP) is 1.64. The lowest BCUT2D eigenvalue weighted by molar-refractivity contribution is -0.153. The molecule has 4 rings (SSSR count). The summed E-state index contributed by atoms with van der Waals surface area (Å²) in [7, 11) is 0. The molecule has 0 radical (unpaired) electrons. The molecule has 88 valence electrons. The number of carbonyl (C=O) groups excluding carboxylic acids is 2. The third-order valence-corrected chi connectivity index (χ3v) is 4.91. The van der Waals surface area contributed by atoms with Gasteiger partial charge in [-0.25, -0.2) is 0 Å². The van der Waals surface area contributed by atoms with Gasteiger partial charge in [-0.1, -0.05) is 12.2 Å². The first-order valence-corrected chi connectivity index (χ1v) is 6.33. The van der Waals surface area contributed by atoms with Crippen LogP contribution in [-0.2, 0) is 14.3 Å². The van der Waals surface area contributed by atoms with Crippen molar-refractivity contribution in [1.82, 2.24) is 0 Å². The SMILES string of the molecule is O=C1CC[C@@]2(C=CC(=O)[C@H]3C4C=CC(C4)[C@H]32)O1. The lowest BCUT2D eigenvalue weighted by Crippen LogP contribution is -2.47. The molecule has 1 aliphatic heterocycles. The third kappa shape index (κ3) is 1.07. The zero-order valence-corrected chi connectivity index (χ0v) is 9.46. The van der Waals surface area contributed by atoms with E-state index in [0.717, 1.165) is 12.8 Å². The maximum absolute atomic E-state index is 12.0. The van der Waals surface area contributed by atoms with Gasteiger partial charge < -0.3 is 4.74 Å². The summed E-state index contributed by atoms with van der Waals surface area (Å²) < 4.78 is 5.59. The van der Waals surface area contributed by atoms with E-state index in [1.165, 1.54) is 0 Å². The summed E-state index contributed by atoms with van der Waals surface area (Å²) in [6.45, 7) is 0. The Hall–Kier alpha value is -1.38. The van der Waals surface area contributed by atoms with Crippen molar-refractivity contribution in [2.45, 2.75) is 24.9 Å². The third-order valence-electron chi connectivity index (χ3n) is 4.91. The van der Waals surface area contributed by atoms with Gasteiger partial charge in [-0.15, -0.1) is 0 Å². The molecule has 4 aliphatic rings. The van der Waals surface area contributed by atoms with Crippen molar-refractivity contribution in [2.24, 2.45) is 23.7 Å². The van der Waals surface area contributed by atoms with Crippen LogP contribution in [-0.4, -0.2) is 17.4 Å². The molecule has 1 saturated carbocycles. The molecule has 0 aromatic heterocycles. The highest BCUT2D eigenvalue weighted by atomic mass is 16.6. The summed E-state index contributed by atoms with van der Waals surface area (Å²) in [5, 5.41) is 0. The second-order valence-electron chi connectivity index (χ2n) is 5.66. The monoisotopic (exact) mass is 230 g/mol. The van der Waals surface area contributed by atoms with Gasteiger partial charge in [-0.2, -0.15) is 0 Å². The molecule has 0 aromatic rings. The van der Waals surface area contributed by atoms with Gasteiger partial charge in [0.05, 0.1) is 0 Å². The Kier molecular flexibility index (Phi) is 1.64. The molecule has 3 heteroatoms. The Morgan fingerprint density at radius 2 is 2.06 bits per heavy atom. The quantitative estimate of drug-likeness (QED) is 0.469. The molecule has 3 nitrogen and oxygen atoms in total. The van der Waals surface area contributed by atoms with E-state index < -0.39 is 5.60 Å². The molecule has 2 fully saturated rings. The van der Waals surface area contributed by atoms with Crippen molar-refractivity contribution in [3.63, 3.8) is 0 Å². The van der Waals surface area contributed by atoms with Gasteiger partial charge in [0.15, 0.2) is 5.78 Å². The zero-order chi connectivity index (χ0) is 11.6. The van der Waals surface area contributed by atoms with Gasteiger partial charge in [0.2, 0.25) is 0 Å². The maximum Gasteiger partial charge on any atom is 0.306 e. The van der Waals surface area contributed by atoms with E-state index in [1.54, 1.807) is 6.08 Å². The highest BCUT2D eigenvalue weighted by Gasteiger charge is 2.60. The Balaban J connectivity index is 1.82. The Labute approximate surface area is 99.5 Å². The second-order valence-corrected chi connectivity index (χ2v) is 5.66. The maximum atomic E-state index is 12.0. The summed E-state index contributed by atoms with van der Waals surface area (Å²) in [4.78, 5) is 23.5. The van der Waals surface area contributed by atoms with E-state index in [0.29, 0.717) is 18.3 Å². The van der Waals surface area contributed by atoms with E-state index in [2.05, 4.69) is 12.2 Å². The van der Waals surface area contributed by atoms with Gasteiger partial charge in [0.25, 0.3) is 0 Å². The van der Waals surface area contributed by atoms with Crippen molar-refractivity contribution in [1.29, 1.82) is 0 Å². The number of hydrogen-bond acceptors (Lipinski definition) is 3. The number of rotatable bonds is 0. The number of fused-ring (bicyclic) bond motifs is 6. The zero-order valence-electron chi connectivity index (χ0n) is 9.46. The minimum Gasteiger partial charge on any atom is -0.454 e. The number of ether oxygens (including phenoxy) is 1. The number of allylic oxidation sites excluding steroid dienone is 3. The largest absolute Gasteiger partial charge is 0.454 e. The molecule has 1 heterocycles. The molecule has 5 atom stereocenters. The molecule has 0 amide bonds. The molecule has 17 heavy (non-hydrogen) atoms. The van der Waals surface area contributed by atoms with Crippen LogP contribution in [0.3, 0.4) is 0 Å². The summed E-state index contributed by atoms with van der Waals surface area (Å²) in [5.41, 5.74) is -0.472. The van der Waals surface area contributed by atoms with E-state index in [-0.39, 0.29) is 23.6 Å². The van der Waals surface area contributed by atoms with Crippen LogP contribution in [0.15, 0.2) is 24.3 Å². The van der Waals surface area contributed by atoms with Crippen LogP contribution >= 0.6 is 0 Å². The van der Waals surface area contributed by atoms with Crippen LogP contribution in [0.5, 0.6) is 0 Å². The molecular formula is C14H14O3. The van der Waals surface area contributed by atoms with Gasteiger partial charge >= 0.3 is 5.97 Å². The van der Waals surface area contributed by atoms with Crippen molar-refractivity contribution in [3.8, 4) is 0 Å². The lowest BCUT2D eigenvalue weighted by Gasteiger charge is -2.41. The minimum absolute atomic E-state index is 0.0564. The van der Waals surface area contributed by atoms with Crippen molar-refractivity contribution in [3.05, 3.63) is 24.3 Å². The highest BCUT2D eigenvalue weighted by Crippen LogP contribution is 2.57. The van der Waals surface area contributed by atoms with E-state index >= 15 is 0 Å². The molecule has 0 N–H and O–H groups in total. The van der Waals surface area contributed by atoms with Crippen LogP contribution in [0.25, 0.3) is 0 Å². The fourth-order valence-electron chi connectivity index (χ4n) is 4.29. The summed E-state index contributed by atoms with van der Waals surface area (Å²) in [6, 6.07) is 0. The van der Waals surface area contributed by atoms with E-state index in [4.69, 9.17) is 4.74 Å². The van der Waals surface area contributed by atoms with Gasteiger partial charge in [-0.3, -0.25) is 9.59 Å². The molecule has 3 aliphatic carbocycles. The first kappa shape index (κ1) is 9.63. The van der Waals surface area contributed by atoms with Crippen molar-refractivity contribution < 1.29 is 14.3 Å². The number of ketones is 1. The van der Waals surface area contributed by atoms with Crippen LogP contribution < -0.4 is 0 Å². The Bertz CT molecular complexity index is 476. The number of hydrogen-bond donors (Lipinski definition) is 0. The molecule has 1 spiro atoms. The lowest BCUT2D eigenvalue weighted by atomic mass is 9.66. The summed E-state index contributed by atoms with van der Waals surface area (Å²) in [6.07, 6.45) is 10.2. The number of carbonyl (C=O) groups is 2. The highest BCUT2D eigenvalue weighted by molar-refractivity contribution is 5.94. The Morgan fingerprint density at radius 1 is 1.24 bits per heavy atom. The average molecular weight is 230 g/mol. The fourth-order valence-corrected chi connectivity index (χ4v) is 4.29. The molecular weight excluding hydrogens is 216 g/mol. The molecule has 2 unspecified atom stereocenters. The van der Waals surface area contributed by atoms with Crippen LogP contribution in [0, 0.1) is 23.7 Å². The van der Waals surface area contributed by atoms with Crippen LogP contribution in [0.4, 0.5) is 0 Å². The number of esters is 1. The Morgan fingerprint density at radius 3 is 2.82 bits per heavy atom. The standard InChI is InChI=1S/C14H14O3/c15-10-3-5-14(6-4-11(16)17-14)13-9-2-1-8(7-9)12(10)13/h1-3,5,8-9,12-13H,4,6-7H2/t8?,9?,12-,13-,14-/m1/s1. The minimum atomic E-state index is -0.472. The first-order valence-electron chi connectivity index (χ1n) is 6.33. The van der Waals surface area contributed by atoms with Gasteiger partial charge in [0, 0.05) is 24.7 Å². The summed E-state index contributed by atoms with van der Waals surface area (Å²) in [5.74, 6) is 1.15. The molecule has 0 aromatic carbocycles.